The van der Waals surface area contributed by atoms with E-state index in [1.165, 1.54) is 13.8 Å². The number of thiocarbonyl (C=S) groups is 1. The fourth-order valence-corrected chi connectivity index (χ4v) is 4.18. The van der Waals surface area contributed by atoms with Crippen LogP contribution in [-0.2, 0) is 30.4 Å². The molecule has 0 heterocycles. The molecule has 2 rings (SSSR count). The van der Waals surface area contributed by atoms with Gasteiger partial charge >= 0.3 is 0 Å². The third kappa shape index (κ3) is 11.4. The molecule has 0 unspecified atom stereocenters. The van der Waals surface area contributed by atoms with Gasteiger partial charge < -0.3 is 32.3 Å². The van der Waals surface area contributed by atoms with Crippen molar-refractivity contribution in [1.82, 2.24) is 26.6 Å². The minimum atomic E-state index is -1.17. The molecular formula is C28H38N6O5S. The predicted molar refractivity (Wildman–Crippen MR) is 157 cm³/mol. The highest BCUT2D eigenvalue weighted by molar-refractivity contribution is 7.80. The highest BCUT2D eigenvalue weighted by Gasteiger charge is 2.29. The normalized spacial score (nSPS) is 12.9. The number of benzene rings is 2. The van der Waals surface area contributed by atoms with Crippen molar-refractivity contribution in [1.29, 1.82) is 0 Å². The van der Waals surface area contributed by atoms with Crippen molar-refractivity contribution in [2.45, 2.75) is 64.6 Å². The molecule has 0 aliphatic carbocycles. The van der Waals surface area contributed by atoms with Gasteiger partial charge in [-0.05, 0) is 42.5 Å². The quantitative estimate of drug-likeness (QED) is 0.134. The van der Waals surface area contributed by atoms with Gasteiger partial charge in [0.2, 0.25) is 29.5 Å². The van der Waals surface area contributed by atoms with Crippen molar-refractivity contribution in [2.75, 3.05) is 13.1 Å². The third-order valence-electron chi connectivity index (χ3n) is 6.09. The SMILES string of the molecule is CC(=O)NC[C@H](NC(=O)[C@H](CCCCNC(C)=S)NC(=O)[C@H](Cc1ccc2ccccc2c1)NC(C)=O)C(N)=O. The van der Waals surface area contributed by atoms with Crippen LogP contribution in [0.1, 0.15) is 45.6 Å². The summed E-state index contributed by atoms with van der Waals surface area (Å²) in [4.78, 5) is 62.4. The third-order valence-corrected chi connectivity index (χ3v) is 6.23. The molecule has 0 aliphatic heterocycles. The number of fused-ring (bicyclic) bond motifs is 1. The maximum Gasteiger partial charge on any atom is 0.243 e. The second-order valence-corrected chi connectivity index (χ2v) is 10.2. The molecule has 0 saturated heterocycles. The van der Waals surface area contributed by atoms with Crippen LogP contribution >= 0.6 is 12.2 Å². The van der Waals surface area contributed by atoms with E-state index in [0.717, 1.165) is 16.3 Å². The minimum absolute atomic E-state index is 0.189. The highest BCUT2D eigenvalue weighted by Crippen LogP contribution is 2.17. The van der Waals surface area contributed by atoms with E-state index in [9.17, 15) is 24.0 Å². The lowest BCUT2D eigenvalue weighted by Crippen LogP contribution is -2.58. The zero-order valence-electron chi connectivity index (χ0n) is 23.0. The summed E-state index contributed by atoms with van der Waals surface area (Å²) in [5.74, 6) is -2.80. The van der Waals surface area contributed by atoms with E-state index >= 15 is 0 Å². The summed E-state index contributed by atoms with van der Waals surface area (Å²) >= 11 is 5.01. The average molecular weight is 571 g/mol. The highest BCUT2D eigenvalue weighted by atomic mass is 32.1. The van der Waals surface area contributed by atoms with Gasteiger partial charge in [0, 0.05) is 33.4 Å². The number of nitrogens with two attached hydrogens (primary N) is 1. The molecule has 2 aromatic carbocycles. The first kappa shape index (κ1) is 32.2. The second kappa shape index (κ2) is 16.1. The molecule has 0 spiro atoms. The number of carbonyl (C=O) groups is 5. The average Bonchev–Trinajstić information content (AvgIpc) is 2.88. The first-order valence-corrected chi connectivity index (χ1v) is 13.5. The smallest absolute Gasteiger partial charge is 0.243 e. The van der Waals surface area contributed by atoms with E-state index in [4.69, 9.17) is 18.0 Å². The summed E-state index contributed by atoms with van der Waals surface area (Å²) in [5, 5.41) is 15.5. The van der Waals surface area contributed by atoms with Crippen molar-refractivity contribution in [3.05, 3.63) is 48.0 Å². The number of unbranched alkanes of at least 4 members (excludes halogenated alkanes) is 1. The first-order chi connectivity index (χ1) is 19.0. The molecule has 0 aliphatic rings. The summed E-state index contributed by atoms with van der Waals surface area (Å²) < 4.78 is 0. The molecule has 40 heavy (non-hydrogen) atoms. The van der Waals surface area contributed by atoms with Gasteiger partial charge in [-0.1, -0.05) is 54.7 Å². The lowest BCUT2D eigenvalue weighted by molar-refractivity contribution is -0.133. The van der Waals surface area contributed by atoms with Crippen LogP contribution in [0, 0.1) is 0 Å². The molecule has 0 fully saturated rings. The summed E-state index contributed by atoms with van der Waals surface area (Å²) in [6.45, 7) is 4.76. The number of carbonyl (C=O) groups excluding carboxylic acids is 5. The number of nitrogens with one attached hydrogen (secondary N) is 5. The number of rotatable bonds is 15. The fourth-order valence-electron chi connectivity index (χ4n) is 4.08. The van der Waals surface area contributed by atoms with Crippen molar-refractivity contribution in [3.8, 4) is 0 Å². The summed E-state index contributed by atoms with van der Waals surface area (Å²) in [6.07, 6.45) is 1.68. The van der Waals surface area contributed by atoms with Crippen LogP contribution < -0.4 is 32.3 Å². The zero-order chi connectivity index (χ0) is 29.7. The topological polar surface area (TPSA) is 172 Å². The molecule has 0 saturated carbocycles. The monoisotopic (exact) mass is 570 g/mol. The van der Waals surface area contributed by atoms with Crippen LogP contribution in [0.5, 0.6) is 0 Å². The molecule has 0 radical (unpaired) electrons. The maximum absolute atomic E-state index is 13.4. The predicted octanol–water partition coefficient (Wildman–Crippen LogP) is 0.585. The van der Waals surface area contributed by atoms with Crippen LogP contribution in [0.4, 0.5) is 0 Å². The molecule has 0 bridgehead atoms. The van der Waals surface area contributed by atoms with E-state index in [1.807, 2.05) is 42.5 Å². The lowest BCUT2D eigenvalue weighted by atomic mass is 10.0. The summed E-state index contributed by atoms with van der Waals surface area (Å²) in [6, 6.07) is 10.4. The van der Waals surface area contributed by atoms with Crippen LogP contribution in [-0.4, -0.2) is 65.7 Å². The fraction of sp³-hybridized carbons (Fsp3) is 0.429. The minimum Gasteiger partial charge on any atom is -0.380 e. The van der Waals surface area contributed by atoms with Gasteiger partial charge in [0.25, 0.3) is 0 Å². The van der Waals surface area contributed by atoms with Gasteiger partial charge in [0.15, 0.2) is 0 Å². The molecule has 7 N–H and O–H groups in total. The van der Waals surface area contributed by atoms with Crippen molar-refractivity contribution in [3.63, 3.8) is 0 Å². The Hall–Kier alpha value is -4.06. The largest absolute Gasteiger partial charge is 0.380 e. The van der Waals surface area contributed by atoms with Gasteiger partial charge in [0.1, 0.15) is 18.1 Å². The van der Waals surface area contributed by atoms with E-state index in [1.54, 1.807) is 6.92 Å². The van der Waals surface area contributed by atoms with Crippen LogP contribution in [0.2, 0.25) is 0 Å². The van der Waals surface area contributed by atoms with Gasteiger partial charge in [0.05, 0.1) is 4.99 Å². The summed E-state index contributed by atoms with van der Waals surface area (Å²) in [5.41, 5.74) is 6.24. The first-order valence-electron chi connectivity index (χ1n) is 13.1. The Morgan fingerprint density at radius 1 is 0.775 bits per heavy atom. The van der Waals surface area contributed by atoms with Crippen molar-refractivity contribution >= 4 is 57.5 Å². The number of amides is 5. The standard InChI is InChI=1S/C28H38N6O5S/c1-17(35)31-16-25(26(29)37)34-27(38)23(10-6-7-13-30-19(3)40)33-28(39)24(32-18(2)36)15-20-11-12-21-8-4-5-9-22(21)14-20/h4-5,8-9,11-12,14,23-25H,6-7,10,13,15-16H2,1-3H3,(H2,29,37)(H,30,40)(H,31,35)(H,32,36)(H,33,39)(H,34,38)/t23-,24-,25-/m0/s1. The number of hydrogen-bond acceptors (Lipinski definition) is 6. The Labute approximate surface area is 239 Å². The Balaban J connectivity index is 2.19. The maximum atomic E-state index is 13.4. The van der Waals surface area contributed by atoms with E-state index < -0.39 is 47.7 Å². The summed E-state index contributed by atoms with van der Waals surface area (Å²) in [7, 11) is 0. The molecule has 11 nitrogen and oxygen atoms in total. The van der Waals surface area contributed by atoms with Gasteiger partial charge in [-0.3, -0.25) is 24.0 Å². The van der Waals surface area contributed by atoms with Crippen LogP contribution in [0.15, 0.2) is 42.5 Å². The van der Waals surface area contributed by atoms with E-state index in [-0.39, 0.29) is 19.4 Å². The molecule has 2 aromatic rings. The molecule has 5 amide bonds. The second-order valence-electron chi connectivity index (χ2n) is 9.58. The van der Waals surface area contributed by atoms with E-state index in [0.29, 0.717) is 24.4 Å². The molecule has 12 heteroatoms. The Morgan fingerprint density at radius 3 is 2.05 bits per heavy atom. The van der Waals surface area contributed by atoms with E-state index in [2.05, 4.69) is 26.6 Å². The van der Waals surface area contributed by atoms with Gasteiger partial charge in [-0.25, -0.2) is 0 Å². The molecular weight excluding hydrogens is 532 g/mol. The Morgan fingerprint density at radius 2 is 1.43 bits per heavy atom. The Bertz CT molecular complexity index is 1240. The van der Waals surface area contributed by atoms with Crippen molar-refractivity contribution < 1.29 is 24.0 Å². The van der Waals surface area contributed by atoms with Gasteiger partial charge in [-0.15, -0.1) is 0 Å². The molecule has 0 aromatic heterocycles. The zero-order valence-corrected chi connectivity index (χ0v) is 23.9. The number of hydrogen-bond donors (Lipinski definition) is 6. The van der Waals surface area contributed by atoms with Gasteiger partial charge in [-0.2, -0.15) is 0 Å². The van der Waals surface area contributed by atoms with Crippen LogP contribution in [0.3, 0.4) is 0 Å². The number of primary amides is 1. The van der Waals surface area contributed by atoms with Crippen molar-refractivity contribution in [2.24, 2.45) is 5.73 Å². The molecule has 3 atom stereocenters. The van der Waals surface area contributed by atoms with Crippen LogP contribution in [0.25, 0.3) is 10.8 Å². The Kier molecular flexibility index (Phi) is 13.0. The lowest BCUT2D eigenvalue weighted by Gasteiger charge is -2.25. The molecule has 216 valence electrons.